The standard InChI is InChI=1S/C16H13NO2S.C15H13BrO2S/c1-10-14(7-13(9-18)20-10)16-15-6-11(8-17)2-3-12(15)4-5-19-16;1-9-13(7-12(8-17)19-9)15-14-6-11(16)3-2-10(14)4-5-18-15/h2-3,6-7,9,16H,4-5H2,1H3;2-3,6-8,15H,4-5H2,1H3. The number of thiophene rings is 2. The molecule has 198 valence electrons. The molecule has 0 saturated carbocycles. The minimum absolute atomic E-state index is 0.0498. The molecule has 5 nitrogen and oxygen atoms in total. The number of carbonyl (C=O) groups excluding carboxylic acids is 2. The third-order valence-electron chi connectivity index (χ3n) is 7.01. The van der Waals surface area contributed by atoms with Crippen LogP contribution in [-0.2, 0) is 22.3 Å². The van der Waals surface area contributed by atoms with Crippen LogP contribution in [0.4, 0.5) is 0 Å². The normalized spacial score (nSPS) is 17.7. The van der Waals surface area contributed by atoms with Gasteiger partial charge in [0.05, 0.1) is 34.6 Å². The Morgan fingerprint density at radius 2 is 1.31 bits per heavy atom. The van der Waals surface area contributed by atoms with Crippen molar-refractivity contribution < 1.29 is 19.1 Å². The third-order valence-corrected chi connectivity index (χ3v) is 9.48. The summed E-state index contributed by atoms with van der Waals surface area (Å²) in [5, 5.41) is 9.06. The average molecular weight is 621 g/mol. The van der Waals surface area contributed by atoms with Crippen LogP contribution in [0.3, 0.4) is 0 Å². The first-order chi connectivity index (χ1) is 18.9. The molecule has 39 heavy (non-hydrogen) atoms. The maximum atomic E-state index is 10.9. The maximum Gasteiger partial charge on any atom is 0.160 e. The van der Waals surface area contributed by atoms with Gasteiger partial charge in [0.25, 0.3) is 0 Å². The van der Waals surface area contributed by atoms with Crippen molar-refractivity contribution in [1.29, 1.82) is 5.26 Å². The Morgan fingerprint density at radius 3 is 1.79 bits per heavy atom. The van der Waals surface area contributed by atoms with Crippen molar-refractivity contribution in [2.24, 2.45) is 0 Å². The molecule has 2 aliphatic heterocycles. The lowest BCUT2D eigenvalue weighted by molar-refractivity contribution is 0.0696. The highest BCUT2D eigenvalue weighted by molar-refractivity contribution is 9.10. The molecule has 0 N–H and O–H groups in total. The molecule has 0 bridgehead atoms. The number of fused-ring (bicyclic) bond motifs is 2. The smallest absolute Gasteiger partial charge is 0.160 e. The van der Waals surface area contributed by atoms with Crippen LogP contribution in [-0.4, -0.2) is 25.8 Å². The summed E-state index contributed by atoms with van der Waals surface area (Å²) in [5.41, 5.74) is 7.60. The fourth-order valence-corrected chi connectivity index (χ4v) is 7.24. The van der Waals surface area contributed by atoms with Crippen LogP contribution in [0.2, 0.25) is 0 Å². The molecule has 2 atom stereocenters. The van der Waals surface area contributed by atoms with Crippen molar-refractivity contribution in [2.45, 2.75) is 38.9 Å². The molecule has 2 aromatic carbocycles. The van der Waals surface area contributed by atoms with Gasteiger partial charge in [-0.15, -0.1) is 22.7 Å². The first kappa shape index (κ1) is 27.6. The molecule has 0 fully saturated rings. The number of aryl methyl sites for hydroxylation is 2. The summed E-state index contributed by atoms with van der Waals surface area (Å²) in [6.07, 6.45) is 3.37. The van der Waals surface area contributed by atoms with E-state index in [0.717, 1.165) is 67.8 Å². The third kappa shape index (κ3) is 5.84. The number of aldehydes is 2. The lowest BCUT2D eigenvalue weighted by atomic mass is 9.92. The summed E-state index contributed by atoms with van der Waals surface area (Å²) in [6.45, 7) is 5.43. The number of carbonyl (C=O) groups is 2. The van der Waals surface area contributed by atoms with Crippen LogP contribution >= 0.6 is 38.6 Å². The number of ether oxygens (including phenoxy) is 2. The van der Waals surface area contributed by atoms with Crippen molar-refractivity contribution in [1.82, 2.24) is 0 Å². The van der Waals surface area contributed by atoms with Crippen molar-refractivity contribution in [3.05, 3.63) is 111 Å². The van der Waals surface area contributed by atoms with Gasteiger partial charge in [-0.05, 0) is 96.5 Å². The molecule has 4 heterocycles. The molecule has 4 aromatic rings. The van der Waals surface area contributed by atoms with E-state index in [-0.39, 0.29) is 12.2 Å². The Morgan fingerprint density at radius 1 is 0.795 bits per heavy atom. The van der Waals surface area contributed by atoms with Crippen molar-refractivity contribution in [3.8, 4) is 6.07 Å². The monoisotopic (exact) mass is 619 g/mol. The van der Waals surface area contributed by atoms with Gasteiger partial charge in [-0.1, -0.05) is 28.1 Å². The van der Waals surface area contributed by atoms with Crippen molar-refractivity contribution in [2.75, 3.05) is 13.2 Å². The summed E-state index contributed by atoms with van der Waals surface area (Å²) in [5.74, 6) is 0. The molecular formula is C31H26BrNO4S2. The highest BCUT2D eigenvalue weighted by atomic mass is 79.9. The number of hydrogen-bond donors (Lipinski definition) is 0. The van der Waals surface area contributed by atoms with E-state index >= 15 is 0 Å². The number of nitriles is 1. The van der Waals surface area contributed by atoms with Crippen LogP contribution in [0.25, 0.3) is 0 Å². The van der Waals surface area contributed by atoms with Gasteiger partial charge in [-0.2, -0.15) is 5.26 Å². The van der Waals surface area contributed by atoms with Gasteiger partial charge in [0, 0.05) is 14.2 Å². The van der Waals surface area contributed by atoms with Crippen LogP contribution in [0.15, 0.2) is 53.0 Å². The number of rotatable bonds is 4. The molecule has 2 aliphatic rings. The average Bonchev–Trinajstić information content (AvgIpc) is 3.53. The van der Waals surface area contributed by atoms with Gasteiger partial charge in [0.15, 0.2) is 12.6 Å². The van der Waals surface area contributed by atoms with E-state index < -0.39 is 0 Å². The second-order valence-electron chi connectivity index (χ2n) is 9.43. The van der Waals surface area contributed by atoms with Gasteiger partial charge in [-0.3, -0.25) is 9.59 Å². The molecule has 0 amide bonds. The Balaban J connectivity index is 0.000000158. The highest BCUT2D eigenvalue weighted by Gasteiger charge is 2.27. The van der Waals surface area contributed by atoms with Crippen molar-refractivity contribution in [3.63, 3.8) is 0 Å². The maximum absolute atomic E-state index is 10.9. The van der Waals surface area contributed by atoms with E-state index in [1.54, 1.807) is 0 Å². The van der Waals surface area contributed by atoms with Crippen molar-refractivity contribution >= 4 is 51.2 Å². The Hall–Kier alpha value is -2.93. The quantitative estimate of drug-likeness (QED) is 0.219. The second-order valence-corrected chi connectivity index (χ2v) is 12.9. The SMILES string of the molecule is Cc1sc(C=O)cc1C1OCCc2ccc(Br)cc21.Cc1sc(C=O)cc1C1OCCc2ccc(C#N)cc21. The number of nitrogens with zero attached hydrogens (tertiary/aromatic N) is 1. The van der Waals surface area contributed by atoms with E-state index in [1.165, 1.54) is 39.4 Å². The Labute approximate surface area is 244 Å². The molecule has 0 aliphatic carbocycles. The molecule has 6 rings (SSSR count). The predicted octanol–water partition coefficient (Wildman–Crippen LogP) is 7.70. The van der Waals surface area contributed by atoms with Gasteiger partial charge >= 0.3 is 0 Å². The van der Waals surface area contributed by atoms with E-state index in [4.69, 9.17) is 14.7 Å². The highest BCUT2D eigenvalue weighted by Crippen LogP contribution is 2.39. The Bertz CT molecular complexity index is 1580. The van der Waals surface area contributed by atoms with Gasteiger partial charge < -0.3 is 9.47 Å². The van der Waals surface area contributed by atoms with Gasteiger partial charge in [-0.25, -0.2) is 0 Å². The van der Waals surface area contributed by atoms with Crippen LogP contribution in [0.1, 0.15) is 80.2 Å². The Kier molecular flexibility index (Phi) is 8.55. The van der Waals surface area contributed by atoms with E-state index in [9.17, 15) is 9.59 Å². The minimum Gasteiger partial charge on any atom is -0.368 e. The van der Waals surface area contributed by atoms with E-state index in [1.807, 2.05) is 44.2 Å². The summed E-state index contributed by atoms with van der Waals surface area (Å²) < 4.78 is 12.9. The largest absolute Gasteiger partial charge is 0.368 e. The van der Waals surface area contributed by atoms with E-state index in [2.05, 4.69) is 40.2 Å². The lowest BCUT2D eigenvalue weighted by Crippen LogP contribution is -2.17. The summed E-state index contributed by atoms with van der Waals surface area (Å²) in [4.78, 5) is 25.6. The summed E-state index contributed by atoms with van der Waals surface area (Å²) in [6, 6.07) is 18.1. The zero-order valence-corrected chi connectivity index (χ0v) is 24.8. The van der Waals surface area contributed by atoms with Crippen LogP contribution in [0, 0.1) is 25.2 Å². The number of benzene rings is 2. The molecular weight excluding hydrogens is 594 g/mol. The zero-order valence-electron chi connectivity index (χ0n) is 21.5. The number of halogens is 1. The lowest BCUT2D eigenvalue weighted by Gasteiger charge is -2.26. The van der Waals surface area contributed by atoms with Crippen LogP contribution in [0.5, 0.6) is 0 Å². The zero-order chi connectivity index (χ0) is 27.5. The molecule has 0 saturated heterocycles. The van der Waals surface area contributed by atoms with Gasteiger partial charge in [0.1, 0.15) is 12.2 Å². The molecule has 2 unspecified atom stereocenters. The first-order valence-corrected chi connectivity index (χ1v) is 15.0. The molecule has 0 radical (unpaired) electrons. The topological polar surface area (TPSA) is 76.4 Å². The number of hydrogen-bond acceptors (Lipinski definition) is 7. The molecule has 8 heteroatoms. The summed E-state index contributed by atoms with van der Waals surface area (Å²) in [7, 11) is 0. The fourth-order valence-electron chi connectivity index (χ4n) is 5.12. The van der Waals surface area contributed by atoms with Gasteiger partial charge in [0.2, 0.25) is 0 Å². The molecule has 0 spiro atoms. The predicted molar refractivity (Wildman–Crippen MR) is 157 cm³/mol. The fraction of sp³-hybridized carbons (Fsp3) is 0.258. The minimum atomic E-state index is -0.169. The first-order valence-electron chi connectivity index (χ1n) is 12.6. The summed E-state index contributed by atoms with van der Waals surface area (Å²) >= 11 is 6.53. The van der Waals surface area contributed by atoms with E-state index in [0.29, 0.717) is 17.0 Å². The van der Waals surface area contributed by atoms with Crippen LogP contribution < -0.4 is 0 Å². The second kappa shape index (κ2) is 12.1. The molecule has 2 aromatic heterocycles.